The smallest absolute Gasteiger partial charge is 0.331 e. The lowest BCUT2D eigenvalue weighted by atomic mass is 9.41. The highest BCUT2D eigenvalue weighted by Crippen LogP contribution is 2.70. The molecule has 2 heterocycles. The molecule has 0 aromatic rings. The quantitative estimate of drug-likeness (QED) is 0.149. The molecule has 1 saturated heterocycles. The predicted molar refractivity (Wildman–Crippen MR) is 136 cm³/mol. The number of carbonyl (C=O) groups is 2. The fraction of sp³-hybridized carbons (Fsp3) is 0.862. The van der Waals surface area contributed by atoms with Crippen molar-refractivity contribution in [3.05, 3.63) is 11.6 Å². The van der Waals surface area contributed by atoms with Crippen LogP contribution in [0.1, 0.15) is 65.2 Å². The third-order valence-electron chi connectivity index (χ3n) is 12.1. The maximum Gasteiger partial charge on any atom is 0.331 e. The second kappa shape index (κ2) is 9.54. The molecule has 0 unspecified atom stereocenters. The largest absolute Gasteiger partial charge is 0.458 e. The zero-order chi connectivity index (χ0) is 28.8. The normalized spacial score (nSPS) is 56.0. The van der Waals surface area contributed by atoms with Crippen molar-refractivity contribution in [1.82, 2.24) is 0 Å². The molecule has 2 aliphatic heterocycles. The molecule has 6 N–H and O–H groups in total. The van der Waals surface area contributed by atoms with E-state index in [2.05, 4.69) is 0 Å². The fourth-order valence-corrected chi connectivity index (χ4v) is 9.74. The Morgan fingerprint density at radius 1 is 1.00 bits per heavy atom. The summed E-state index contributed by atoms with van der Waals surface area (Å²) in [5.41, 5.74) is -4.09. The SMILES string of the molecule is C[C@H]1O[C@H](O[C@H]2CC[C@]3(C=O)[C@@H]4C[C@@H](O)[C@]5(C)[C@H](C6=CC(=O)OC6)CC[C@]5(O)[C@H]4CC[C@@]3(O)C2)[C@H](O)[C@@H](O)[C@@H]1O. The summed E-state index contributed by atoms with van der Waals surface area (Å²) in [6.07, 6.45) is -2.70. The topological polar surface area (TPSA) is 183 Å². The highest BCUT2D eigenvalue weighted by molar-refractivity contribution is 5.85. The van der Waals surface area contributed by atoms with Gasteiger partial charge in [-0.15, -0.1) is 0 Å². The number of esters is 1. The number of carbonyl (C=O) groups excluding carboxylic acids is 2. The Hall–Kier alpha value is -1.44. The molecule has 0 aromatic carbocycles. The summed E-state index contributed by atoms with van der Waals surface area (Å²) in [5.74, 6) is -1.42. The van der Waals surface area contributed by atoms with Crippen molar-refractivity contribution in [1.29, 1.82) is 0 Å². The van der Waals surface area contributed by atoms with Crippen LogP contribution in [-0.2, 0) is 23.8 Å². The number of aliphatic hydroxyl groups excluding tert-OH is 4. The van der Waals surface area contributed by atoms with Crippen molar-refractivity contribution in [2.24, 2.45) is 28.6 Å². The summed E-state index contributed by atoms with van der Waals surface area (Å²) in [6.45, 7) is 3.61. The lowest BCUT2D eigenvalue weighted by Crippen LogP contribution is -2.71. The molecule has 6 aliphatic rings. The Bertz CT molecular complexity index is 1080. The van der Waals surface area contributed by atoms with Crippen LogP contribution in [0, 0.1) is 28.6 Å². The van der Waals surface area contributed by atoms with E-state index >= 15 is 0 Å². The number of hydrogen-bond acceptors (Lipinski definition) is 11. The maximum atomic E-state index is 13.0. The van der Waals surface area contributed by atoms with Crippen molar-refractivity contribution >= 4 is 12.3 Å². The van der Waals surface area contributed by atoms with Gasteiger partial charge < -0.3 is 49.6 Å². The molecule has 224 valence electrons. The van der Waals surface area contributed by atoms with Crippen LogP contribution in [0.2, 0.25) is 0 Å². The Balaban J connectivity index is 1.25. The Morgan fingerprint density at radius 2 is 1.75 bits per heavy atom. The van der Waals surface area contributed by atoms with Crippen LogP contribution in [0.15, 0.2) is 11.6 Å². The van der Waals surface area contributed by atoms with Crippen LogP contribution >= 0.6 is 0 Å². The summed E-state index contributed by atoms with van der Waals surface area (Å²) in [5, 5.41) is 66.7. The monoisotopic (exact) mass is 566 g/mol. The van der Waals surface area contributed by atoms with E-state index in [0.717, 1.165) is 11.9 Å². The van der Waals surface area contributed by atoms with Gasteiger partial charge in [0, 0.05) is 17.9 Å². The number of fused-ring (bicyclic) bond motifs is 5. The van der Waals surface area contributed by atoms with Crippen LogP contribution in [0.3, 0.4) is 0 Å². The molecule has 4 saturated carbocycles. The zero-order valence-corrected chi connectivity index (χ0v) is 23.0. The highest BCUT2D eigenvalue weighted by Gasteiger charge is 2.74. The molecule has 14 atom stereocenters. The molecule has 11 heteroatoms. The fourth-order valence-electron chi connectivity index (χ4n) is 9.74. The molecule has 0 radical (unpaired) electrons. The van der Waals surface area contributed by atoms with E-state index in [1.807, 2.05) is 6.92 Å². The summed E-state index contributed by atoms with van der Waals surface area (Å²) in [7, 11) is 0. The minimum Gasteiger partial charge on any atom is -0.458 e. The predicted octanol–water partition coefficient (Wildman–Crippen LogP) is -0.279. The summed E-state index contributed by atoms with van der Waals surface area (Å²) in [4.78, 5) is 24.8. The Labute approximate surface area is 233 Å². The third-order valence-corrected chi connectivity index (χ3v) is 12.1. The molecule has 0 spiro atoms. The van der Waals surface area contributed by atoms with Crippen LogP contribution in [0.25, 0.3) is 0 Å². The highest BCUT2D eigenvalue weighted by atomic mass is 16.7. The van der Waals surface area contributed by atoms with Gasteiger partial charge in [0.1, 0.15) is 31.2 Å². The second-order valence-electron chi connectivity index (χ2n) is 13.5. The van der Waals surface area contributed by atoms with Crippen LogP contribution in [-0.4, -0.2) is 104 Å². The van der Waals surface area contributed by atoms with Gasteiger partial charge in [-0.05, 0) is 75.2 Å². The van der Waals surface area contributed by atoms with Gasteiger partial charge in [-0.3, -0.25) is 0 Å². The Kier molecular flexibility index (Phi) is 6.83. The first kappa shape index (κ1) is 28.7. The Morgan fingerprint density at radius 3 is 2.42 bits per heavy atom. The molecule has 5 fully saturated rings. The van der Waals surface area contributed by atoms with E-state index in [-0.39, 0.29) is 44.1 Å². The van der Waals surface area contributed by atoms with E-state index in [1.54, 1.807) is 6.92 Å². The molecule has 4 aliphatic carbocycles. The summed E-state index contributed by atoms with van der Waals surface area (Å²) in [6, 6.07) is 0. The minimum atomic E-state index is -1.47. The van der Waals surface area contributed by atoms with Crippen molar-refractivity contribution < 1.29 is 54.4 Å². The number of rotatable bonds is 4. The van der Waals surface area contributed by atoms with Gasteiger partial charge in [-0.1, -0.05) is 6.92 Å². The van der Waals surface area contributed by atoms with Gasteiger partial charge in [0.2, 0.25) is 0 Å². The molecule has 11 nitrogen and oxygen atoms in total. The molecule has 6 rings (SSSR count). The van der Waals surface area contributed by atoms with Crippen molar-refractivity contribution in [2.75, 3.05) is 6.61 Å². The van der Waals surface area contributed by atoms with Gasteiger partial charge in [0.15, 0.2) is 6.29 Å². The van der Waals surface area contributed by atoms with E-state index < -0.39 is 76.8 Å². The van der Waals surface area contributed by atoms with Gasteiger partial charge in [-0.25, -0.2) is 4.79 Å². The van der Waals surface area contributed by atoms with Gasteiger partial charge in [0.05, 0.1) is 34.9 Å². The van der Waals surface area contributed by atoms with Crippen LogP contribution in [0.5, 0.6) is 0 Å². The first-order valence-electron chi connectivity index (χ1n) is 14.6. The standard InChI is InChI=1S/C29H42O11/c1-14-22(33)23(34)24(35)25(39-14)40-16-3-6-27(13-30)19-10-20(31)26(2)17(15-9-21(32)38-12-15)5-8-29(26,37)18(19)4-7-28(27,36)11-16/h9,13-14,16-20,22-25,31,33-37H,3-8,10-12H2,1-2H3/t14-,16+,17+,18+,19-,20-,22-,23+,24-,25-,26+,27+,28-,29+/m1/s1. The van der Waals surface area contributed by atoms with Gasteiger partial charge >= 0.3 is 5.97 Å². The van der Waals surface area contributed by atoms with Crippen LogP contribution in [0.4, 0.5) is 0 Å². The molecule has 0 amide bonds. The third kappa shape index (κ3) is 3.71. The van der Waals surface area contributed by atoms with E-state index in [4.69, 9.17) is 14.2 Å². The van der Waals surface area contributed by atoms with E-state index in [1.165, 1.54) is 6.08 Å². The minimum absolute atomic E-state index is 0.0926. The first-order valence-corrected chi connectivity index (χ1v) is 14.6. The molecule has 0 aromatic heterocycles. The molecular weight excluding hydrogens is 524 g/mol. The first-order chi connectivity index (χ1) is 18.8. The van der Waals surface area contributed by atoms with Crippen molar-refractivity contribution in [3.63, 3.8) is 0 Å². The van der Waals surface area contributed by atoms with Crippen molar-refractivity contribution in [3.8, 4) is 0 Å². The summed E-state index contributed by atoms with van der Waals surface area (Å²) >= 11 is 0. The van der Waals surface area contributed by atoms with Crippen LogP contribution < -0.4 is 0 Å². The number of ether oxygens (including phenoxy) is 3. The second-order valence-corrected chi connectivity index (χ2v) is 13.5. The van der Waals surface area contributed by atoms with E-state index in [0.29, 0.717) is 25.7 Å². The van der Waals surface area contributed by atoms with Crippen molar-refractivity contribution in [2.45, 2.75) is 119 Å². The molecule has 0 bridgehead atoms. The van der Waals surface area contributed by atoms with E-state index in [9.17, 15) is 40.2 Å². The average molecular weight is 567 g/mol. The van der Waals surface area contributed by atoms with Gasteiger partial charge in [-0.2, -0.15) is 0 Å². The lowest BCUT2D eigenvalue weighted by molar-refractivity contribution is -0.319. The summed E-state index contributed by atoms with van der Waals surface area (Å²) < 4.78 is 16.8. The van der Waals surface area contributed by atoms with Gasteiger partial charge in [0.25, 0.3) is 0 Å². The lowest BCUT2D eigenvalue weighted by Gasteiger charge is -2.66. The zero-order valence-electron chi connectivity index (χ0n) is 23.0. The number of aliphatic hydroxyl groups is 6. The number of hydrogen-bond donors (Lipinski definition) is 6. The number of cyclic esters (lactones) is 1. The molecular formula is C29H42O11. The number of aldehydes is 1. The average Bonchev–Trinajstić information content (AvgIpc) is 3.46. The maximum absolute atomic E-state index is 13.0. The molecule has 40 heavy (non-hydrogen) atoms.